The number of amides is 3. The number of halogens is 1. The Kier molecular flexibility index (Phi) is 6.24. The zero-order chi connectivity index (χ0) is 22.8. The van der Waals surface area contributed by atoms with Crippen molar-refractivity contribution in [2.45, 2.75) is 32.4 Å². The molecule has 0 bridgehead atoms. The lowest BCUT2D eigenvalue weighted by Crippen LogP contribution is -2.47. The van der Waals surface area contributed by atoms with Crippen molar-refractivity contribution < 1.29 is 14.4 Å². The van der Waals surface area contributed by atoms with Crippen molar-refractivity contribution in [3.05, 3.63) is 100 Å². The van der Waals surface area contributed by atoms with Gasteiger partial charge < -0.3 is 4.90 Å². The van der Waals surface area contributed by atoms with Crippen molar-refractivity contribution in [2.75, 3.05) is 4.90 Å². The van der Waals surface area contributed by atoms with E-state index in [9.17, 15) is 14.4 Å². The predicted molar refractivity (Wildman–Crippen MR) is 127 cm³/mol. The standard InChI is InChI=1S/C26H23BrN2O3/c1-17-8-6-7-11-22(17)25(31)28(18(2)19-9-4-3-5-10-19)23-16-24(30)29(26(23)32)21-14-12-20(27)13-15-21/h3-15,18,23H,16H2,1-2H3. The van der Waals surface area contributed by atoms with Gasteiger partial charge in [0.1, 0.15) is 6.04 Å². The van der Waals surface area contributed by atoms with Gasteiger partial charge in [-0.05, 0) is 55.3 Å². The number of benzene rings is 3. The zero-order valence-corrected chi connectivity index (χ0v) is 19.5. The molecular weight excluding hydrogens is 468 g/mol. The van der Waals surface area contributed by atoms with Crippen molar-refractivity contribution in [1.82, 2.24) is 4.90 Å². The Bertz CT molecular complexity index is 1160. The molecule has 3 aromatic rings. The van der Waals surface area contributed by atoms with Crippen LogP contribution < -0.4 is 4.90 Å². The third kappa shape index (κ3) is 4.10. The number of anilines is 1. The summed E-state index contributed by atoms with van der Waals surface area (Å²) in [5.41, 5.74) is 2.75. The Morgan fingerprint density at radius 2 is 1.59 bits per heavy atom. The highest BCUT2D eigenvalue weighted by Gasteiger charge is 2.46. The van der Waals surface area contributed by atoms with Crippen LogP contribution in [0, 0.1) is 6.92 Å². The largest absolute Gasteiger partial charge is 0.319 e. The van der Waals surface area contributed by atoms with Crippen LogP contribution in [-0.2, 0) is 9.59 Å². The Morgan fingerprint density at radius 1 is 0.969 bits per heavy atom. The van der Waals surface area contributed by atoms with Gasteiger partial charge in [0, 0.05) is 10.0 Å². The van der Waals surface area contributed by atoms with Crippen molar-refractivity contribution >= 4 is 39.3 Å². The summed E-state index contributed by atoms with van der Waals surface area (Å²) in [6.45, 7) is 3.76. The molecule has 0 N–H and O–H groups in total. The molecule has 2 unspecified atom stereocenters. The van der Waals surface area contributed by atoms with E-state index < -0.39 is 12.1 Å². The van der Waals surface area contributed by atoms with Crippen LogP contribution in [0.5, 0.6) is 0 Å². The van der Waals surface area contributed by atoms with E-state index in [1.54, 1.807) is 41.3 Å². The number of nitrogens with zero attached hydrogens (tertiary/aromatic N) is 2. The molecule has 6 heteroatoms. The summed E-state index contributed by atoms with van der Waals surface area (Å²) < 4.78 is 0.853. The number of carbonyl (C=O) groups excluding carboxylic acids is 3. The summed E-state index contributed by atoms with van der Waals surface area (Å²) in [6.07, 6.45) is -0.0519. The first kappa shape index (κ1) is 22.0. The summed E-state index contributed by atoms with van der Waals surface area (Å²) in [5.74, 6) is -0.963. The van der Waals surface area contributed by atoms with Crippen molar-refractivity contribution in [2.24, 2.45) is 0 Å². The highest BCUT2D eigenvalue weighted by Crippen LogP contribution is 2.33. The van der Waals surface area contributed by atoms with E-state index in [0.29, 0.717) is 11.3 Å². The zero-order valence-electron chi connectivity index (χ0n) is 17.9. The minimum atomic E-state index is -0.881. The number of aryl methyl sites for hydroxylation is 1. The van der Waals surface area contributed by atoms with Gasteiger partial charge in [-0.2, -0.15) is 0 Å². The smallest absolute Gasteiger partial charge is 0.257 e. The van der Waals surface area contributed by atoms with Crippen LogP contribution in [0.2, 0.25) is 0 Å². The maximum Gasteiger partial charge on any atom is 0.257 e. The lowest BCUT2D eigenvalue weighted by Gasteiger charge is -2.34. The van der Waals surface area contributed by atoms with E-state index >= 15 is 0 Å². The van der Waals surface area contributed by atoms with Crippen LogP contribution >= 0.6 is 15.9 Å². The Hall–Kier alpha value is -3.25. The minimum Gasteiger partial charge on any atom is -0.319 e. The Labute approximate surface area is 195 Å². The van der Waals surface area contributed by atoms with Gasteiger partial charge in [0.25, 0.3) is 11.8 Å². The third-order valence-electron chi connectivity index (χ3n) is 5.85. The second-order valence-electron chi connectivity index (χ2n) is 7.88. The Balaban J connectivity index is 1.75. The molecule has 1 saturated heterocycles. The van der Waals surface area contributed by atoms with Gasteiger partial charge in [0.15, 0.2) is 0 Å². The van der Waals surface area contributed by atoms with E-state index in [0.717, 1.165) is 15.6 Å². The van der Waals surface area contributed by atoms with E-state index in [4.69, 9.17) is 0 Å². The van der Waals surface area contributed by atoms with Crippen molar-refractivity contribution in [3.8, 4) is 0 Å². The van der Waals surface area contributed by atoms with Crippen molar-refractivity contribution in [1.29, 1.82) is 0 Å². The first-order valence-corrected chi connectivity index (χ1v) is 11.2. The van der Waals surface area contributed by atoms with Crippen LogP contribution in [0.1, 0.15) is 40.9 Å². The number of carbonyl (C=O) groups is 3. The normalized spacial score (nSPS) is 16.8. The molecule has 32 heavy (non-hydrogen) atoms. The Morgan fingerprint density at radius 3 is 2.25 bits per heavy atom. The van der Waals surface area contributed by atoms with E-state index in [1.165, 1.54) is 4.90 Å². The van der Waals surface area contributed by atoms with Gasteiger partial charge in [0.05, 0.1) is 18.2 Å². The fourth-order valence-corrected chi connectivity index (χ4v) is 4.39. The molecule has 0 spiro atoms. The molecule has 0 aromatic heterocycles. The SMILES string of the molecule is Cc1ccccc1C(=O)N(C1CC(=O)N(c2ccc(Br)cc2)C1=O)C(C)c1ccccc1. The first-order valence-electron chi connectivity index (χ1n) is 10.4. The molecule has 1 aliphatic heterocycles. The summed E-state index contributed by atoms with van der Waals surface area (Å²) >= 11 is 3.37. The molecule has 1 heterocycles. The van der Waals surface area contributed by atoms with Gasteiger partial charge in [-0.3, -0.25) is 14.4 Å². The molecule has 4 rings (SSSR count). The van der Waals surface area contributed by atoms with E-state index in [2.05, 4.69) is 15.9 Å². The quantitative estimate of drug-likeness (QED) is 0.456. The average Bonchev–Trinajstić information content (AvgIpc) is 3.09. The summed E-state index contributed by atoms with van der Waals surface area (Å²) in [7, 11) is 0. The molecule has 3 amide bonds. The number of hydrogen-bond acceptors (Lipinski definition) is 3. The average molecular weight is 491 g/mol. The number of imide groups is 1. The molecule has 1 fully saturated rings. The van der Waals surface area contributed by atoms with E-state index in [-0.39, 0.29) is 24.1 Å². The van der Waals surface area contributed by atoms with Gasteiger partial charge in [0.2, 0.25) is 5.91 Å². The molecule has 5 nitrogen and oxygen atoms in total. The molecule has 2 atom stereocenters. The molecule has 0 saturated carbocycles. The van der Waals surface area contributed by atoms with Crippen molar-refractivity contribution in [3.63, 3.8) is 0 Å². The van der Waals surface area contributed by atoms with Gasteiger partial charge in [-0.1, -0.05) is 64.5 Å². The predicted octanol–water partition coefficient (Wildman–Crippen LogP) is 5.29. The second-order valence-corrected chi connectivity index (χ2v) is 8.79. The lowest BCUT2D eigenvalue weighted by molar-refractivity contribution is -0.122. The van der Waals surface area contributed by atoms with E-state index in [1.807, 2.05) is 56.3 Å². The van der Waals surface area contributed by atoms with Gasteiger partial charge >= 0.3 is 0 Å². The fourth-order valence-electron chi connectivity index (χ4n) is 4.13. The summed E-state index contributed by atoms with van der Waals surface area (Å²) in [4.78, 5) is 42.9. The molecular formula is C26H23BrN2O3. The van der Waals surface area contributed by atoms with Gasteiger partial charge in [-0.25, -0.2) is 4.90 Å². The van der Waals surface area contributed by atoms with Crippen LogP contribution in [0.25, 0.3) is 0 Å². The van der Waals surface area contributed by atoms with Crippen LogP contribution in [0.15, 0.2) is 83.3 Å². The van der Waals surface area contributed by atoms with Crippen LogP contribution in [0.3, 0.4) is 0 Å². The number of hydrogen-bond donors (Lipinski definition) is 0. The monoisotopic (exact) mass is 490 g/mol. The molecule has 0 radical (unpaired) electrons. The maximum absolute atomic E-state index is 13.7. The fraction of sp³-hybridized carbons (Fsp3) is 0.192. The third-order valence-corrected chi connectivity index (χ3v) is 6.38. The molecule has 3 aromatic carbocycles. The van der Waals surface area contributed by atoms with Crippen LogP contribution in [-0.4, -0.2) is 28.7 Å². The number of rotatable bonds is 5. The minimum absolute atomic E-state index is 0.0519. The maximum atomic E-state index is 13.7. The topological polar surface area (TPSA) is 57.7 Å². The molecule has 0 aliphatic carbocycles. The summed E-state index contributed by atoms with van der Waals surface area (Å²) in [6, 6.07) is 22.6. The highest BCUT2D eigenvalue weighted by molar-refractivity contribution is 9.10. The lowest BCUT2D eigenvalue weighted by atomic mass is 10.0. The molecule has 1 aliphatic rings. The summed E-state index contributed by atoms with van der Waals surface area (Å²) in [5, 5.41) is 0. The first-order chi connectivity index (χ1) is 15.4. The second kappa shape index (κ2) is 9.09. The van der Waals surface area contributed by atoms with Crippen LogP contribution in [0.4, 0.5) is 5.69 Å². The van der Waals surface area contributed by atoms with Gasteiger partial charge in [-0.15, -0.1) is 0 Å². The molecule has 162 valence electrons. The highest BCUT2D eigenvalue weighted by atomic mass is 79.9.